The van der Waals surface area contributed by atoms with Gasteiger partial charge in [0.1, 0.15) is 0 Å². The summed E-state index contributed by atoms with van der Waals surface area (Å²) >= 11 is 9.25. The van der Waals surface area contributed by atoms with Gasteiger partial charge in [0.05, 0.1) is 6.54 Å². The van der Waals surface area contributed by atoms with E-state index in [1.54, 1.807) is 29.2 Å². The largest absolute Gasteiger partial charge is 0.347 e. The van der Waals surface area contributed by atoms with Gasteiger partial charge in [0, 0.05) is 39.8 Å². The molecular weight excluding hydrogens is 470 g/mol. The van der Waals surface area contributed by atoms with Crippen LogP contribution in [0.1, 0.15) is 28.8 Å². The molecule has 6 nitrogen and oxygen atoms in total. The molecule has 2 aromatic rings. The third-order valence-corrected chi connectivity index (χ3v) is 5.88. The van der Waals surface area contributed by atoms with Gasteiger partial charge in [-0.3, -0.25) is 14.4 Å². The highest BCUT2D eigenvalue weighted by Crippen LogP contribution is 2.21. The summed E-state index contributed by atoms with van der Waals surface area (Å²) in [7, 11) is 0. The van der Waals surface area contributed by atoms with Crippen molar-refractivity contribution in [3.05, 3.63) is 63.1 Å². The van der Waals surface area contributed by atoms with Crippen molar-refractivity contribution in [2.24, 2.45) is 5.92 Å². The molecule has 8 heteroatoms. The predicted molar refractivity (Wildman–Crippen MR) is 121 cm³/mol. The van der Waals surface area contributed by atoms with Crippen LogP contribution in [0, 0.1) is 12.8 Å². The second-order valence-corrected chi connectivity index (χ2v) is 8.65. The van der Waals surface area contributed by atoms with Crippen LogP contribution >= 0.6 is 27.5 Å². The number of likely N-dealkylation sites (tertiary alicyclic amines) is 1. The molecule has 2 N–H and O–H groups in total. The monoisotopic (exact) mass is 491 g/mol. The number of anilines is 1. The zero-order valence-corrected chi connectivity index (χ0v) is 18.9. The zero-order valence-electron chi connectivity index (χ0n) is 16.6. The molecule has 0 bridgehead atoms. The summed E-state index contributed by atoms with van der Waals surface area (Å²) in [6, 6.07) is 12.4. The lowest BCUT2D eigenvalue weighted by Crippen LogP contribution is -2.44. The average molecular weight is 493 g/mol. The summed E-state index contributed by atoms with van der Waals surface area (Å²) < 4.78 is 0.937. The fourth-order valence-corrected chi connectivity index (χ4v) is 3.99. The Balaban J connectivity index is 1.44. The Morgan fingerprint density at radius 3 is 2.40 bits per heavy atom. The van der Waals surface area contributed by atoms with Crippen LogP contribution in [0.3, 0.4) is 0 Å². The topological polar surface area (TPSA) is 78.5 Å². The van der Waals surface area contributed by atoms with Gasteiger partial charge in [0.2, 0.25) is 11.8 Å². The standard InChI is InChI=1S/C22H23BrClN3O3/c1-14-12-17(23)4-7-19(14)26-20(28)13-25-21(29)15-8-10-27(11-9-15)22(30)16-2-5-18(24)6-3-16/h2-7,12,15H,8-11,13H2,1H3,(H,25,29)(H,26,28). The molecular formula is C22H23BrClN3O3. The van der Waals surface area contributed by atoms with E-state index in [0.717, 1.165) is 10.0 Å². The third-order valence-electron chi connectivity index (χ3n) is 5.13. The van der Waals surface area contributed by atoms with Crippen LogP contribution in [0.2, 0.25) is 5.02 Å². The number of aryl methyl sites for hydroxylation is 1. The van der Waals surface area contributed by atoms with Crippen molar-refractivity contribution in [2.75, 3.05) is 25.0 Å². The molecule has 0 atom stereocenters. The minimum atomic E-state index is -0.274. The van der Waals surface area contributed by atoms with Gasteiger partial charge in [0.25, 0.3) is 5.91 Å². The quantitative estimate of drug-likeness (QED) is 0.662. The lowest BCUT2D eigenvalue weighted by molar-refractivity contribution is -0.128. The summed E-state index contributed by atoms with van der Waals surface area (Å²) in [5, 5.41) is 6.09. The first kappa shape index (κ1) is 22.3. The Hall–Kier alpha value is -2.38. The Labute approximate surface area is 189 Å². The molecule has 1 fully saturated rings. The van der Waals surface area contributed by atoms with Crippen LogP contribution in [-0.2, 0) is 9.59 Å². The van der Waals surface area contributed by atoms with Crippen molar-refractivity contribution >= 4 is 50.9 Å². The number of nitrogens with one attached hydrogen (secondary N) is 2. The number of piperidine rings is 1. The maximum Gasteiger partial charge on any atom is 0.253 e. The number of carbonyl (C=O) groups excluding carboxylic acids is 3. The van der Waals surface area contributed by atoms with E-state index in [2.05, 4.69) is 26.6 Å². The van der Waals surface area contributed by atoms with Crippen LogP contribution in [-0.4, -0.2) is 42.3 Å². The van der Waals surface area contributed by atoms with Gasteiger partial charge in [-0.25, -0.2) is 0 Å². The normalized spacial score (nSPS) is 14.3. The molecule has 3 rings (SSSR count). The Morgan fingerprint density at radius 2 is 1.77 bits per heavy atom. The average Bonchev–Trinajstić information content (AvgIpc) is 2.74. The number of hydrogen-bond donors (Lipinski definition) is 2. The van der Waals surface area contributed by atoms with E-state index in [0.29, 0.717) is 42.2 Å². The summed E-state index contributed by atoms with van der Waals surface area (Å²) in [6.45, 7) is 2.82. The number of rotatable bonds is 5. The van der Waals surface area contributed by atoms with Crippen LogP contribution in [0.25, 0.3) is 0 Å². The van der Waals surface area contributed by atoms with Crippen molar-refractivity contribution in [3.8, 4) is 0 Å². The lowest BCUT2D eigenvalue weighted by atomic mass is 9.95. The van der Waals surface area contributed by atoms with Crippen LogP contribution in [0.15, 0.2) is 46.9 Å². The minimum absolute atomic E-state index is 0.0604. The third kappa shape index (κ3) is 5.83. The van der Waals surface area contributed by atoms with E-state index in [4.69, 9.17) is 11.6 Å². The molecule has 1 heterocycles. The van der Waals surface area contributed by atoms with Crippen molar-refractivity contribution in [1.82, 2.24) is 10.2 Å². The summed E-state index contributed by atoms with van der Waals surface area (Å²) in [6.07, 6.45) is 1.14. The first-order chi connectivity index (χ1) is 14.3. The fourth-order valence-electron chi connectivity index (χ4n) is 3.39. The number of amides is 3. The van der Waals surface area contributed by atoms with Crippen molar-refractivity contribution in [3.63, 3.8) is 0 Å². The molecule has 1 saturated heterocycles. The fraction of sp³-hybridized carbons (Fsp3) is 0.318. The summed E-state index contributed by atoms with van der Waals surface area (Å²) in [5.41, 5.74) is 2.23. The van der Waals surface area contributed by atoms with Gasteiger partial charge in [-0.2, -0.15) is 0 Å². The molecule has 0 aromatic heterocycles. The molecule has 0 saturated carbocycles. The molecule has 3 amide bonds. The second kappa shape index (κ2) is 10.1. The van der Waals surface area contributed by atoms with Gasteiger partial charge in [0.15, 0.2) is 0 Å². The number of hydrogen-bond acceptors (Lipinski definition) is 3. The smallest absolute Gasteiger partial charge is 0.253 e. The maximum atomic E-state index is 12.6. The van der Waals surface area contributed by atoms with Crippen LogP contribution in [0.5, 0.6) is 0 Å². The molecule has 1 aliphatic heterocycles. The van der Waals surface area contributed by atoms with Gasteiger partial charge < -0.3 is 15.5 Å². The Morgan fingerprint density at radius 1 is 1.10 bits per heavy atom. The second-order valence-electron chi connectivity index (χ2n) is 7.30. The van der Waals surface area contributed by atoms with E-state index in [-0.39, 0.29) is 30.2 Å². The van der Waals surface area contributed by atoms with E-state index in [1.165, 1.54) is 0 Å². The van der Waals surface area contributed by atoms with Gasteiger partial charge in [-0.05, 0) is 67.8 Å². The van der Waals surface area contributed by atoms with Crippen molar-refractivity contribution in [1.29, 1.82) is 0 Å². The molecule has 1 aliphatic rings. The highest BCUT2D eigenvalue weighted by Gasteiger charge is 2.28. The first-order valence-electron chi connectivity index (χ1n) is 9.72. The first-order valence-corrected chi connectivity index (χ1v) is 10.9. The molecule has 158 valence electrons. The Bertz CT molecular complexity index is 941. The molecule has 0 spiro atoms. The number of benzene rings is 2. The van der Waals surface area contributed by atoms with E-state index in [9.17, 15) is 14.4 Å². The highest BCUT2D eigenvalue weighted by atomic mass is 79.9. The number of carbonyl (C=O) groups is 3. The van der Waals surface area contributed by atoms with Crippen molar-refractivity contribution in [2.45, 2.75) is 19.8 Å². The lowest BCUT2D eigenvalue weighted by Gasteiger charge is -2.31. The minimum Gasteiger partial charge on any atom is -0.347 e. The number of halogens is 2. The summed E-state index contributed by atoms with van der Waals surface area (Å²) in [5.74, 6) is -0.698. The predicted octanol–water partition coefficient (Wildman–Crippen LogP) is 4.02. The van der Waals surface area contributed by atoms with Gasteiger partial charge >= 0.3 is 0 Å². The SMILES string of the molecule is Cc1cc(Br)ccc1NC(=O)CNC(=O)C1CCN(C(=O)c2ccc(Cl)cc2)CC1. The van der Waals surface area contributed by atoms with Crippen LogP contribution in [0.4, 0.5) is 5.69 Å². The zero-order chi connectivity index (χ0) is 21.7. The number of nitrogens with zero attached hydrogens (tertiary/aromatic N) is 1. The Kier molecular flexibility index (Phi) is 7.50. The van der Waals surface area contributed by atoms with E-state index >= 15 is 0 Å². The molecule has 0 unspecified atom stereocenters. The van der Waals surface area contributed by atoms with E-state index < -0.39 is 0 Å². The maximum absolute atomic E-state index is 12.6. The molecule has 30 heavy (non-hydrogen) atoms. The van der Waals surface area contributed by atoms with Gasteiger partial charge in [-0.15, -0.1) is 0 Å². The summed E-state index contributed by atoms with van der Waals surface area (Å²) in [4.78, 5) is 38.9. The van der Waals surface area contributed by atoms with Crippen LogP contribution < -0.4 is 10.6 Å². The molecule has 2 aromatic carbocycles. The molecule has 0 aliphatic carbocycles. The van der Waals surface area contributed by atoms with Gasteiger partial charge in [-0.1, -0.05) is 27.5 Å². The van der Waals surface area contributed by atoms with Crippen molar-refractivity contribution < 1.29 is 14.4 Å². The highest BCUT2D eigenvalue weighted by molar-refractivity contribution is 9.10. The molecule has 0 radical (unpaired) electrons. The van der Waals surface area contributed by atoms with E-state index in [1.807, 2.05) is 25.1 Å².